The quantitative estimate of drug-likeness (QED) is 0.296. The van der Waals surface area contributed by atoms with E-state index in [-0.39, 0.29) is 29.8 Å². The minimum Gasteiger partial charge on any atom is -0.382 e. The smallest absolute Gasteiger partial charge is 0.251 e. The number of anilines is 2. The number of hydrogen-bond acceptors (Lipinski definition) is 7. The van der Waals surface area contributed by atoms with Gasteiger partial charge in [-0.3, -0.25) is 14.4 Å². The molecule has 1 aromatic carbocycles. The van der Waals surface area contributed by atoms with E-state index in [0.29, 0.717) is 47.5 Å². The molecular weight excluding hydrogens is 494 g/mol. The molecule has 39 heavy (non-hydrogen) atoms. The summed E-state index contributed by atoms with van der Waals surface area (Å²) in [4.78, 5) is 44.6. The molecule has 2 saturated carbocycles. The molecule has 2 amide bonds. The molecule has 3 unspecified atom stereocenters. The number of fused-ring (bicyclic) bond motifs is 1. The van der Waals surface area contributed by atoms with Gasteiger partial charge in [0.15, 0.2) is 5.78 Å². The number of primary amides is 1. The standard InChI is InChI=1S/C30H39N5O4/c1-18(2)39-13-11-32-25-15-21(7-9-24(25)29(31)37)30(38)34-23-14-20-4-3-12-35(26(20)16-23)27-10-8-22(17-33-27)28(36)19-5-6-19/h7-10,15,17-20,23,26,32H,3-6,11-14,16H2,1-2H3,(H2,31,37)(H,34,38). The third kappa shape index (κ3) is 6.41. The fourth-order valence-electron chi connectivity index (χ4n) is 5.97. The van der Waals surface area contributed by atoms with Crippen molar-refractivity contribution in [3.63, 3.8) is 0 Å². The lowest BCUT2D eigenvalue weighted by molar-refractivity contribution is 0.0869. The minimum absolute atomic E-state index is 0.0514. The maximum atomic E-state index is 13.2. The molecule has 0 bridgehead atoms. The minimum atomic E-state index is -0.548. The van der Waals surface area contributed by atoms with Crippen molar-refractivity contribution in [2.24, 2.45) is 17.6 Å². The highest BCUT2D eigenvalue weighted by atomic mass is 16.5. The van der Waals surface area contributed by atoms with Crippen molar-refractivity contribution < 1.29 is 19.1 Å². The highest BCUT2D eigenvalue weighted by molar-refractivity contribution is 6.02. The molecular formula is C30H39N5O4. The van der Waals surface area contributed by atoms with E-state index in [1.165, 1.54) is 0 Å². The lowest BCUT2D eigenvalue weighted by atomic mass is 9.92. The van der Waals surface area contributed by atoms with Crippen molar-refractivity contribution in [1.29, 1.82) is 0 Å². The van der Waals surface area contributed by atoms with E-state index in [0.717, 1.165) is 50.9 Å². The molecule has 3 atom stereocenters. The number of carbonyl (C=O) groups excluding carboxylic acids is 3. The molecule has 5 rings (SSSR count). The molecule has 208 valence electrons. The second-order valence-corrected chi connectivity index (χ2v) is 11.3. The molecule has 1 aromatic heterocycles. The number of nitrogens with two attached hydrogens (primary N) is 1. The maximum absolute atomic E-state index is 13.2. The highest BCUT2D eigenvalue weighted by Crippen LogP contribution is 2.39. The van der Waals surface area contributed by atoms with Gasteiger partial charge in [0.2, 0.25) is 0 Å². The van der Waals surface area contributed by atoms with Gasteiger partial charge in [-0.2, -0.15) is 0 Å². The summed E-state index contributed by atoms with van der Waals surface area (Å²) >= 11 is 0. The number of nitrogens with zero attached hydrogens (tertiary/aromatic N) is 2. The number of rotatable bonds is 11. The number of carbonyl (C=O) groups is 3. The molecule has 2 aliphatic carbocycles. The number of hydrogen-bond donors (Lipinski definition) is 3. The first-order chi connectivity index (χ1) is 18.8. The second-order valence-electron chi connectivity index (χ2n) is 11.3. The first-order valence-corrected chi connectivity index (χ1v) is 14.2. The van der Waals surface area contributed by atoms with Crippen molar-refractivity contribution in [1.82, 2.24) is 10.3 Å². The molecule has 1 aliphatic heterocycles. The number of pyridine rings is 1. The molecule has 0 spiro atoms. The van der Waals surface area contributed by atoms with E-state index in [4.69, 9.17) is 10.5 Å². The molecule has 4 N–H and O–H groups in total. The van der Waals surface area contributed by atoms with Gasteiger partial charge in [-0.05, 0) is 88.6 Å². The fraction of sp³-hybridized carbons (Fsp3) is 0.533. The number of piperidine rings is 1. The summed E-state index contributed by atoms with van der Waals surface area (Å²) in [7, 11) is 0. The summed E-state index contributed by atoms with van der Waals surface area (Å²) in [6.45, 7) is 5.82. The summed E-state index contributed by atoms with van der Waals surface area (Å²) in [5, 5.41) is 6.41. The van der Waals surface area contributed by atoms with Crippen LogP contribution in [0.2, 0.25) is 0 Å². The van der Waals surface area contributed by atoms with Crippen LogP contribution in [0.4, 0.5) is 11.5 Å². The van der Waals surface area contributed by atoms with Crippen LogP contribution in [-0.4, -0.2) is 60.5 Å². The van der Waals surface area contributed by atoms with E-state index in [2.05, 4.69) is 20.5 Å². The first kappa shape index (κ1) is 27.1. The van der Waals surface area contributed by atoms with E-state index < -0.39 is 5.91 Å². The van der Waals surface area contributed by atoms with Gasteiger partial charge < -0.3 is 26.0 Å². The zero-order valence-corrected chi connectivity index (χ0v) is 22.8. The summed E-state index contributed by atoms with van der Waals surface area (Å²) in [6, 6.07) is 9.18. The maximum Gasteiger partial charge on any atom is 0.251 e. The molecule has 9 heteroatoms. The largest absolute Gasteiger partial charge is 0.382 e. The lowest BCUT2D eigenvalue weighted by Gasteiger charge is -2.38. The van der Waals surface area contributed by atoms with Gasteiger partial charge in [0.1, 0.15) is 5.82 Å². The third-order valence-corrected chi connectivity index (χ3v) is 8.06. The van der Waals surface area contributed by atoms with Crippen LogP contribution in [0.15, 0.2) is 36.5 Å². The predicted octanol–water partition coefficient (Wildman–Crippen LogP) is 3.79. The van der Waals surface area contributed by atoms with Gasteiger partial charge in [0.05, 0.1) is 18.3 Å². The number of nitrogens with one attached hydrogen (secondary N) is 2. The third-order valence-electron chi connectivity index (χ3n) is 8.06. The van der Waals surface area contributed by atoms with Crippen LogP contribution >= 0.6 is 0 Å². The van der Waals surface area contributed by atoms with Crippen LogP contribution in [0.3, 0.4) is 0 Å². The van der Waals surface area contributed by atoms with Crippen LogP contribution in [0.1, 0.15) is 83.4 Å². The lowest BCUT2D eigenvalue weighted by Crippen LogP contribution is -2.43. The Hall–Kier alpha value is -3.46. The molecule has 3 aliphatic rings. The molecule has 1 saturated heterocycles. The predicted molar refractivity (Wildman–Crippen MR) is 150 cm³/mol. The van der Waals surface area contributed by atoms with Crippen molar-refractivity contribution >= 4 is 29.1 Å². The Balaban J connectivity index is 1.22. The van der Waals surface area contributed by atoms with Crippen LogP contribution < -0.4 is 21.3 Å². The normalized spacial score (nSPS) is 22.4. The van der Waals surface area contributed by atoms with Gasteiger partial charge in [-0.15, -0.1) is 0 Å². The topological polar surface area (TPSA) is 127 Å². The number of Topliss-reactive ketones (excluding diaryl/α,β-unsaturated/α-hetero) is 1. The van der Waals surface area contributed by atoms with Gasteiger partial charge in [-0.1, -0.05) is 0 Å². The van der Waals surface area contributed by atoms with Crippen molar-refractivity contribution in [2.75, 3.05) is 29.9 Å². The Labute approximate surface area is 229 Å². The number of aromatic nitrogens is 1. The summed E-state index contributed by atoms with van der Waals surface area (Å²) in [5.74, 6) is 1.07. The van der Waals surface area contributed by atoms with E-state index in [1.807, 2.05) is 26.0 Å². The Morgan fingerprint density at radius 1 is 1.10 bits per heavy atom. The number of benzene rings is 1. The van der Waals surface area contributed by atoms with E-state index in [9.17, 15) is 14.4 Å². The Morgan fingerprint density at radius 3 is 2.59 bits per heavy atom. The summed E-state index contributed by atoms with van der Waals surface area (Å²) < 4.78 is 5.56. The van der Waals surface area contributed by atoms with Gasteiger partial charge in [-0.25, -0.2) is 4.98 Å². The fourth-order valence-corrected chi connectivity index (χ4v) is 5.97. The average molecular weight is 534 g/mol. The van der Waals surface area contributed by atoms with Crippen LogP contribution in [0.5, 0.6) is 0 Å². The summed E-state index contributed by atoms with van der Waals surface area (Å²) in [5.41, 5.74) is 7.62. The molecule has 2 aromatic rings. The van der Waals surface area contributed by atoms with Crippen LogP contribution in [0.25, 0.3) is 0 Å². The zero-order chi connectivity index (χ0) is 27.5. The van der Waals surface area contributed by atoms with Crippen molar-refractivity contribution in [3.8, 4) is 0 Å². The van der Waals surface area contributed by atoms with Gasteiger partial charge >= 0.3 is 0 Å². The van der Waals surface area contributed by atoms with E-state index >= 15 is 0 Å². The van der Waals surface area contributed by atoms with Crippen molar-refractivity contribution in [3.05, 3.63) is 53.2 Å². The molecule has 2 heterocycles. The van der Waals surface area contributed by atoms with Gasteiger partial charge in [0.25, 0.3) is 11.8 Å². The number of ketones is 1. The SMILES string of the molecule is CC(C)OCCNc1cc(C(=O)NC2CC3CCCN(c4ccc(C(=O)C5CC5)cn4)C3C2)ccc1C(N)=O. The van der Waals surface area contributed by atoms with E-state index in [1.54, 1.807) is 24.4 Å². The molecule has 3 fully saturated rings. The second kappa shape index (κ2) is 11.7. The van der Waals surface area contributed by atoms with Crippen molar-refractivity contribution in [2.45, 2.75) is 70.6 Å². The van der Waals surface area contributed by atoms with Crippen LogP contribution in [-0.2, 0) is 4.74 Å². The number of ether oxygens (including phenoxy) is 1. The molecule has 0 radical (unpaired) electrons. The Morgan fingerprint density at radius 2 is 1.90 bits per heavy atom. The van der Waals surface area contributed by atoms with Crippen LogP contribution in [0, 0.1) is 11.8 Å². The number of amides is 2. The zero-order valence-electron chi connectivity index (χ0n) is 22.8. The summed E-state index contributed by atoms with van der Waals surface area (Å²) in [6.07, 6.45) is 7.79. The first-order valence-electron chi connectivity index (χ1n) is 14.2. The van der Waals surface area contributed by atoms with Gasteiger partial charge in [0, 0.05) is 54.1 Å². The average Bonchev–Trinajstić information content (AvgIpc) is 3.69. The Kier molecular flexibility index (Phi) is 8.16. The Bertz CT molecular complexity index is 1210. The molecule has 9 nitrogen and oxygen atoms in total. The highest BCUT2D eigenvalue weighted by Gasteiger charge is 2.41. The monoisotopic (exact) mass is 533 g/mol.